The summed E-state index contributed by atoms with van der Waals surface area (Å²) in [5, 5.41) is 6.57. The standard InChI is InChI=1S/C12H18Br2S/c1-10(2)5-12(8-13,9-14)6-11-3-4-15-7-11/h3-4,7,10H,5-6,8-9H2,1-2H3. The Hall–Kier alpha value is 0.660. The van der Waals surface area contributed by atoms with Gasteiger partial charge in [-0.05, 0) is 46.6 Å². The van der Waals surface area contributed by atoms with Gasteiger partial charge in [-0.2, -0.15) is 11.3 Å². The van der Waals surface area contributed by atoms with E-state index in [0.29, 0.717) is 5.41 Å². The Kier molecular flexibility index (Phi) is 5.86. The fourth-order valence-corrected chi connectivity index (χ4v) is 4.46. The topological polar surface area (TPSA) is 0 Å². The second-order valence-electron chi connectivity index (χ2n) is 4.67. The van der Waals surface area contributed by atoms with E-state index >= 15 is 0 Å². The number of halogens is 2. The molecule has 0 bridgehead atoms. The molecule has 0 N–H and O–H groups in total. The predicted octanol–water partition coefficient (Wildman–Crippen LogP) is 5.11. The van der Waals surface area contributed by atoms with E-state index < -0.39 is 0 Å². The molecule has 0 aromatic carbocycles. The van der Waals surface area contributed by atoms with Gasteiger partial charge in [-0.25, -0.2) is 0 Å². The Morgan fingerprint density at radius 1 is 1.33 bits per heavy atom. The van der Waals surface area contributed by atoms with Crippen LogP contribution in [0.4, 0.5) is 0 Å². The monoisotopic (exact) mass is 352 g/mol. The molecule has 1 heterocycles. The van der Waals surface area contributed by atoms with Gasteiger partial charge in [0.05, 0.1) is 0 Å². The first-order valence-electron chi connectivity index (χ1n) is 5.25. The molecule has 1 aromatic rings. The molecule has 0 fully saturated rings. The second-order valence-corrected chi connectivity index (χ2v) is 6.58. The van der Waals surface area contributed by atoms with Gasteiger partial charge in [0.15, 0.2) is 0 Å². The Balaban J connectivity index is 2.71. The third-order valence-electron chi connectivity index (χ3n) is 2.57. The Labute approximate surface area is 114 Å². The quantitative estimate of drug-likeness (QED) is 0.623. The van der Waals surface area contributed by atoms with Crippen molar-refractivity contribution in [3.63, 3.8) is 0 Å². The molecule has 0 amide bonds. The molecule has 0 aliphatic carbocycles. The van der Waals surface area contributed by atoms with Crippen LogP contribution in [0.25, 0.3) is 0 Å². The van der Waals surface area contributed by atoms with Gasteiger partial charge >= 0.3 is 0 Å². The minimum absolute atomic E-state index is 0.370. The van der Waals surface area contributed by atoms with Crippen molar-refractivity contribution in [3.05, 3.63) is 22.4 Å². The lowest BCUT2D eigenvalue weighted by Crippen LogP contribution is -2.29. The van der Waals surface area contributed by atoms with Crippen LogP contribution in [0, 0.1) is 11.3 Å². The van der Waals surface area contributed by atoms with E-state index in [2.05, 4.69) is 62.5 Å². The highest BCUT2D eigenvalue weighted by atomic mass is 79.9. The van der Waals surface area contributed by atoms with E-state index in [4.69, 9.17) is 0 Å². The maximum Gasteiger partial charge on any atom is 0.00992 e. The van der Waals surface area contributed by atoms with Gasteiger partial charge in [-0.15, -0.1) is 0 Å². The summed E-state index contributed by atoms with van der Waals surface area (Å²) >= 11 is 9.15. The molecule has 0 spiro atoms. The molecule has 0 saturated heterocycles. The number of thiophene rings is 1. The molecule has 0 aliphatic rings. The predicted molar refractivity (Wildman–Crippen MR) is 77.5 cm³/mol. The van der Waals surface area contributed by atoms with Gasteiger partial charge in [-0.3, -0.25) is 0 Å². The molecular formula is C12H18Br2S. The van der Waals surface area contributed by atoms with Crippen molar-refractivity contribution in [2.24, 2.45) is 11.3 Å². The van der Waals surface area contributed by atoms with Gasteiger partial charge < -0.3 is 0 Å². The second kappa shape index (κ2) is 6.41. The summed E-state index contributed by atoms with van der Waals surface area (Å²) in [6.07, 6.45) is 2.44. The number of rotatable bonds is 6. The summed E-state index contributed by atoms with van der Waals surface area (Å²) < 4.78 is 0. The molecule has 0 aliphatic heterocycles. The zero-order valence-corrected chi connectivity index (χ0v) is 13.3. The molecule has 1 aromatic heterocycles. The van der Waals surface area contributed by atoms with Crippen molar-refractivity contribution in [1.82, 2.24) is 0 Å². The normalized spacial score (nSPS) is 12.3. The lowest BCUT2D eigenvalue weighted by Gasteiger charge is -2.31. The lowest BCUT2D eigenvalue weighted by molar-refractivity contribution is 0.304. The van der Waals surface area contributed by atoms with Crippen LogP contribution in [-0.4, -0.2) is 10.7 Å². The number of hydrogen-bond donors (Lipinski definition) is 0. The summed E-state index contributed by atoms with van der Waals surface area (Å²) in [5.74, 6) is 0.749. The van der Waals surface area contributed by atoms with Crippen molar-refractivity contribution in [3.8, 4) is 0 Å². The summed E-state index contributed by atoms with van der Waals surface area (Å²) in [5.41, 5.74) is 1.84. The SMILES string of the molecule is CC(C)CC(CBr)(CBr)Cc1ccsc1. The molecule has 0 saturated carbocycles. The zero-order valence-electron chi connectivity index (χ0n) is 9.30. The Morgan fingerprint density at radius 3 is 2.40 bits per heavy atom. The minimum atomic E-state index is 0.370. The van der Waals surface area contributed by atoms with Gasteiger partial charge in [0.25, 0.3) is 0 Å². The average Bonchev–Trinajstić information content (AvgIpc) is 2.68. The third kappa shape index (κ3) is 4.20. The smallest absolute Gasteiger partial charge is 0.00992 e. The van der Waals surface area contributed by atoms with Crippen LogP contribution >= 0.6 is 43.2 Å². The largest absolute Gasteiger partial charge is 0.152 e. The molecule has 1 rings (SSSR count). The van der Waals surface area contributed by atoms with Gasteiger partial charge in [0.2, 0.25) is 0 Å². The van der Waals surface area contributed by atoms with Crippen LogP contribution in [0.1, 0.15) is 25.8 Å². The van der Waals surface area contributed by atoms with E-state index in [9.17, 15) is 0 Å². The van der Waals surface area contributed by atoms with E-state index in [1.165, 1.54) is 18.4 Å². The van der Waals surface area contributed by atoms with Crippen molar-refractivity contribution < 1.29 is 0 Å². The fourth-order valence-electron chi connectivity index (χ4n) is 2.00. The van der Waals surface area contributed by atoms with E-state index in [0.717, 1.165) is 16.6 Å². The number of alkyl halides is 2. The first kappa shape index (κ1) is 13.7. The summed E-state index contributed by atoms with van der Waals surface area (Å²) in [7, 11) is 0. The molecule has 0 radical (unpaired) electrons. The molecular weight excluding hydrogens is 336 g/mol. The van der Waals surface area contributed by atoms with Crippen LogP contribution < -0.4 is 0 Å². The van der Waals surface area contributed by atoms with Crippen LogP contribution in [0.5, 0.6) is 0 Å². The lowest BCUT2D eigenvalue weighted by atomic mass is 9.79. The first-order chi connectivity index (χ1) is 7.12. The van der Waals surface area contributed by atoms with Gasteiger partial charge in [-0.1, -0.05) is 45.7 Å². The Bertz CT molecular complexity index is 263. The van der Waals surface area contributed by atoms with E-state index in [1.54, 1.807) is 11.3 Å². The van der Waals surface area contributed by atoms with Crippen LogP contribution in [-0.2, 0) is 6.42 Å². The van der Waals surface area contributed by atoms with Crippen LogP contribution in [0.3, 0.4) is 0 Å². The average molecular weight is 354 g/mol. The van der Waals surface area contributed by atoms with Crippen molar-refractivity contribution >= 4 is 43.2 Å². The molecule has 0 nitrogen and oxygen atoms in total. The molecule has 86 valence electrons. The third-order valence-corrected chi connectivity index (χ3v) is 5.68. The summed E-state index contributed by atoms with van der Waals surface area (Å²) in [4.78, 5) is 0. The highest BCUT2D eigenvalue weighted by molar-refractivity contribution is 9.09. The maximum absolute atomic E-state index is 3.68. The van der Waals surface area contributed by atoms with Gasteiger partial charge in [0, 0.05) is 10.7 Å². The molecule has 15 heavy (non-hydrogen) atoms. The van der Waals surface area contributed by atoms with Crippen molar-refractivity contribution in [2.75, 3.05) is 10.7 Å². The highest BCUT2D eigenvalue weighted by Crippen LogP contribution is 2.35. The van der Waals surface area contributed by atoms with Crippen molar-refractivity contribution in [2.45, 2.75) is 26.7 Å². The van der Waals surface area contributed by atoms with E-state index in [-0.39, 0.29) is 0 Å². The molecule has 0 unspecified atom stereocenters. The Morgan fingerprint density at radius 2 is 2.00 bits per heavy atom. The maximum atomic E-state index is 3.68. The summed E-state index contributed by atoms with van der Waals surface area (Å²) in [6.45, 7) is 4.60. The van der Waals surface area contributed by atoms with Crippen molar-refractivity contribution in [1.29, 1.82) is 0 Å². The summed E-state index contributed by atoms with van der Waals surface area (Å²) in [6, 6.07) is 2.24. The number of hydrogen-bond acceptors (Lipinski definition) is 1. The fraction of sp³-hybridized carbons (Fsp3) is 0.667. The van der Waals surface area contributed by atoms with E-state index in [1.807, 2.05) is 0 Å². The first-order valence-corrected chi connectivity index (χ1v) is 8.43. The van der Waals surface area contributed by atoms with Gasteiger partial charge in [0.1, 0.15) is 0 Å². The molecule has 0 atom stereocenters. The molecule has 3 heteroatoms. The highest BCUT2D eigenvalue weighted by Gasteiger charge is 2.29. The van der Waals surface area contributed by atoms with Crippen LogP contribution in [0.15, 0.2) is 16.8 Å². The zero-order chi connectivity index (χ0) is 11.3. The minimum Gasteiger partial charge on any atom is -0.152 e. The van der Waals surface area contributed by atoms with Crippen LogP contribution in [0.2, 0.25) is 0 Å².